The van der Waals surface area contributed by atoms with Gasteiger partial charge < -0.3 is 14.6 Å². The lowest BCUT2D eigenvalue weighted by Gasteiger charge is -2.35. The summed E-state index contributed by atoms with van der Waals surface area (Å²) >= 11 is 0. The zero-order valence-electron chi connectivity index (χ0n) is 12.2. The molecule has 1 aromatic heterocycles. The van der Waals surface area contributed by atoms with Gasteiger partial charge in [0.25, 0.3) is 0 Å². The van der Waals surface area contributed by atoms with Crippen molar-refractivity contribution in [3.63, 3.8) is 0 Å². The van der Waals surface area contributed by atoms with Crippen LogP contribution in [0.1, 0.15) is 31.7 Å². The molecule has 0 bridgehead atoms. The van der Waals surface area contributed by atoms with E-state index in [4.69, 9.17) is 9.26 Å². The van der Waals surface area contributed by atoms with Gasteiger partial charge in [0.05, 0.1) is 18.3 Å². The molecule has 0 aromatic carbocycles. The molecule has 1 saturated heterocycles. The normalized spacial score (nSPS) is 24.8. The van der Waals surface area contributed by atoms with E-state index in [2.05, 4.69) is 29.2 Å². The van der Waals surface area contributed by atoms with E-state index in [1.807, 2.05) is 6.07 Å². The molecule has 1 aliphatic heterocycles. The molecule has 1 fully saturated rings. The Hall–Kier alpha value is -0.910. The molecule has 1 aliphatic rings. The third kappa shape index (κ3) is 4.03. The molecule has 108 valence electrons. The number of likely N-dealkylation sites (tertiary alicyclic amines) is 1. The maximum atomic E-state index is 5.53. The van der Waals surface area contributed by atoms with Crippen LogP contribution in [-0.4, -0.2) is 42.9 Å². The fraction of sp³-hybridized carbons (Fsp3) is 0.786. The molecular weight excluding hydrogens is 242 g/mol. The highest BCUT2D eigenvalue weighted by Gasteiger charge is 2.26. The molecule has 0 aliphatic carbocycles. The highest BCUT2D eigenvalue weighted by molar-refractivity contribution is 5.05. The van der Waals surface area contributed by atoms with Crippen molar-refractivity contribution in [3.05, 3.63) is 17.5 Å². The van der Waals surface area contributed by atoms with Crippen LogP contribution >= 0.6 is 0 Å². The first-order valence-corrected chi connectivity index (χ1v) is 7.13. The fourth-order valence-corrected chi connectivity index (χ4v) is 2.54. The van der Waals surface area contributed by atoms with Crippen molar-refractivity contribution >= 4 is 0 Å². The molecule has 2 rings (SSSR count). The van der Waals surface area contributed by atoms with Crippen LogP contribution in [0.25, 0.3) is 0 Å². The Morgan fingerprint density at radius 2 is 2.42 bits per heavy atom. The first-order chi connectivity index (χ1) is 9.22. The predicted molar refractivity (Wildman–Crippen MR) is 73.7 cm³/mol. The third-order valence-electron chi connectivity index (χ3n) is 3.82. The van der Waals surface area contributed by atoms with E-state index in [1.54, 1.807) is 7.11 Å². The van der Waals surface area contributed by atoms with E-state index >= 15 is 0 Å². The van der Waals surface area contributed by atoms with Crippen LogP contribution in [0.4, 0.5) is 0 Å². The Labute approximate surface area is 115 Å². The number of methoxy groups -OCH3 is 1. The third-order valence-corrected chi connectivity index (χ3v) is 3.82. The molecule has 19 heavy (non-hydrogen) atoms. The molecule has 0 radical (unpaired) electrons. The smallest absolute Gasteiger partial charge is 0.151 e. The second-order valence-corrected chi connectivity index (χ2v) is 5.34. The first-order valence-electron chi connectivity index (χ1n) is 7.13. The maximum Gasteiger partial charge on any atom is 0.151 e. The van der Waals surface area contributed by atoms with Crippen molar-refractivity contribution in [2.75, 3.05) is 26.7 Å². The second kappa shape index (κ2) is 7.03. The molecule has 0 saturated carbocycles. The summed E-state index contributed by atoms with van der Waals surface area (Å²) in [6.45, 7) is 8.96. The summed E-state index contributed by atoms with van der Waals surface area (Å²) < 4.78 is 10.9. The number of hydrogen-bond acceptors (Lipinski definition) is 5. The summed E-state index contributed by atoms with van der Waals surface area (Å²) in [5, 5.41) is 7.33. The van der Waals surface area contributed by atoms with E-state index in [1.165, 1.54) is 6.42 Å². The molecule has 1 aromatic rings. The van der Waals surface area contributed by atoms with Gasteiger partial charge in [0.1, 0.15) is 0 Å². The van der Waals surface area contributed by atoms with Crippen LogP contribution in [0, 0.1) is 5.92 Å². The average molecular weight is 267 g/mol. The molecule has 2 heterocycles. The number of aromatic nitrogens is 1. The molecule has 0 spiro atoms. The summed E-state index contributed by atoms with van der Waals surface area (Å²) in [4.78, 5) is 2.38. The number of nitrogens with zero attached hydrogens (tertiary/aromatic N) is 2. The zero-order valence-corrected chi connectivity index (χ0v) is 12.2. The number of hydrogen-bond donors (Lipinski definition) is 1. The van der Waals surface area contributed by atoms with Crippen LogP contribution < -0.4 is 5.32 Å². The van der Waals surface area contributed by atoms with Crippen LogP contribution in [0.15, 0.2) is 10.6 Å². The van der Waals surface area contributed by atoms with Gasteiger partial charge in [-0.2, -0.15) is 0 Å². The summed E-state index contributed by atoms with van der Waals surface area (Å²) in [6.07, 6.45) is 1.51. The van der Waals surface area contributed by atoms with E-state index in [-0.39, 0.29) is 0 Å². The number of rotatable bonds is 6. The van der Waals surface area contributed by atoms with Crippen molar-refractivity contribution in [1.29, 1.82) is 0 Å². The molecule has 1 N–H and O–H groups in total. The molecule has 2 atom stereocenters. The molecule has 0 amide bonds. The lowest BCUT2D eigenvalue weighted by atomic mass is 9.96. The summed E-state index contributed by atoms with van der Waals surface area (Å²) in [5.41, 5.74) is 0.977. The van der Waals surface area contributed by atoms with Gasteiger partial charge in [-0.15, -0.1) is 0 Å². The van der Waals surface area contributed by atoms with Gasteiger partial charge in [-0.25, -0.2) is 0 Å². The lowest BCUT2D eigenvalue weighted by molar-refractivity contribution is -0.00961. The number of ether oxygens (including phenoxy) is 1. The number of nitrogens with one attached hydrogen (secondary N) is 1. The largest absolute Gasteiger partial charge is 0.380 e. The van der Waals surface area contributed by atoms with Crippen molar-refractivity contribution < 1.29 is 9.26 Å². The van der Waals surface area contributed by atoms with Crippen LogP contribution in [0.3, 0.4) is 0 Å². The van der Waals surface area contributed by atoms with Gasteiger partial charge in [0, 0.05) is 26.3 Å². The summed E-state index contributed by atoms with van der Waals surface area (Å²) in [5.74, 6) is 1.58. The van der Waals surface area contributed by atoms with E-state index in [0.717, 1.165) is 44.2 Å². The Morgan fingerprint density at radius 1 is 1.58 bits per heavy atom. The minimum atomic E-state index is 0.331. The molecule has 2 unspecified atom stereocenters. The van der Waals surface area contributed by atoms with E-state index in [9.17, 15) is 0 Å². The Morgan fingerprint density at radius 3 is 3.16 bits per heavy atom. The summed E-state index contributed by atoms with van der Waals surface area (Å²) in [6, 6.07) is 2.04. The highest BCUT2D eigenvalue weighted by Crippen LogP contribution is 2.21. The topological polar surface area (TPSA) is 50.5 Å². The van der Waals surface area contributed by atoms with Crippen LogP contribution in [-0.2, 0) is 17.8 Å². The van der Waals surface area contributed by atoms with E-state index < -0.39 is 0 Å². The van der Waals surface area contributed by atoms with Crippen molar-refractivity contribution in [1.82, 2.24) is 15.4 Å². The zero-order chi connectivity index (χ0) is 13.7. The predicted octanol–water partition coefficient (Wildman–Crippen LogP) is 1.64. The van der Waals surface area contributed by atoms with Crippen molar-refractivity contribution in [3.8, 4) is 0 Å². The highest BCUT2D eigenvalue weighted by atomic mass is 16.5. The van der Waals surface area contributed by atoms with Gasteiger partial charge in [-0.3, -0.25) is 4.90 Å². The molecule has 5 nitrogen and oxygen atoms in total. The van der Waals surface area contributed by atoms with Gasteiger partial charge in [0.2, 0.25) is 0 Å². The van der Waals surface area contributed by atoms with Gasteiger partial charge >= 0.3 is 0 Å². The second-order valence-electron chi connectivity index (χ2n) is 5.34. The SMILES string of the molecule is CCNCc1cc(CN2CCC(C)C(OC)C2)on1. The molecular formula is C14H25N3O2. The minimum Gasteiger partial charge on any atom is -0.380 e. The average Bonchev–Trinajstić information content (AvgIpc) is 2.86. The van der Waals surface area contributed by atoms with Crippen molar-refractivity contribution in [2.24, 2.45) is 5.92 Å². The quantitative estimate of drug-likeness (QED) is 0.849. The van der Waals surface area contributed by atoms with Gasteiger partial charge in [-0.05, 0) is 25.4 Å². The van der Waals surface area contributed by atoms with Crippen molar-refractivity contribution in [2.45, 2.75) is 39.5 Å². The maximum absolute atomic E-state index is 5.53. The lowest BCUT2D eigenvalue weighted by Crippen LogP contribution is -2.43. The minimum absolute atomic E-state index is 0.331. The van der Waals surface area contributed by atoms with E-state index in [0.29, 0.717) is 12.0 Å². The molecule has 5 heteroatoms. The standard InChI is InChI=1S/C14H25N3O2/c1-4-15-8-12-7-13(19-16-12)9-17-6-5-11(2)14(10-17)18-3/h7,11,14-15H,4-6,8-10H2,1-3H3. The van der Waals surface area contributed by atoms with Gasteiger partial charge in [-0.1, -0.05) is 19.0 Å². The first kappa shape index (κ1) is 14.5. The van der Waals surface area contributed by atoms with Gasteiger partial charge in [0.15, 0.2) is 5.76 Å². The fourth-order valence-electron chi connectivity index (χ4n) is 2.54. The summed E-state index contributed by atoms with van der Waals surface area (Å²) in [7, 11) is 1.80. The Bertz CT molecular complexity index is 381. The number of piperidine rings is 1. The monoisotopic (exact) mass is 267 g/mol. The van der Waals surface area contributed by atoms with Crippen LogP contribution in [0.5, 0.6) is 0 Å². The Kier molecular flexibility index (Phi) is 5.36. The Balaban J connectivity index is 1.85. The van der Waals surface area contributed by atoms with Crippen LogP contribution in [0.2, 0.25) is 0 Å².